The topological polar surface area (TPSA) is 63.4 Å². The number of piperidine rings is 1. The van der Waals surface area contributed by atoms with Gasteiger partial charge in [-0.25, -0.2) is 0 Å². The van der Waals surface area contributed by atoms with Gasteiger partial charge in [-0.15, -0.1) is 0 Å². The molecule has 2 unspecified atom stereocenters. The third-order valence-corrected chi connectivity index (χ3v) is 5.11. The van der Waals surface area contributed by atoms with Gasteiger partial charge >= 0.3 is 0 Å². The van der Waals surface area contributed by atoms with Crippen LogP contribution in [0, 0.1) is 22.7 Å². The van der Waals surface area contributed by atoms with Gasteiger partial charge in [0, 0.05) is 31.5 Å². The molecule has 1 amide bonds. The molecular formula is C18H34N2O2. The van der Waals surface area contributed by atoms with Crippen LogP contribution in [0.1, 0.15) is 61.3 Å². The molecule has 0 radical (unpaired) electrons. The van der Waals surface area contributed by atoms with Crippen molar-refractivity contribution in [2.75, 3.05) is 13.1 Å². The summed E-state index contributed by atoms with van der Waals surface area (Å²) in [5.74, 6) is 0.590. The van der Waals surface area contributed by atoms with Gasteiger partial charge < -0.3 is 10.6 Å². The van der Waals surface area contributed by atoms with Crippen molar-refractivity contribution in [1.82, 2.24) is 4.90 Å². The van der Waals surface area contributed by atoms with E-state index in [0.717, 1.165) is 13.0 Å². The van der Waals surface area contributed by atoms with E-state index in [1.165, 1.54) is 0 Å². The lowest BCUT2D eigenvalue weighted by Crippen LogP contribution is -2.50. The second-order valence-electron chi connectivity index (χ2n) is 9.08. The normalized spacial score (nSPS) is 25.0. The van der Waals surface area contributed by atoms with E-state index in [-0.39, 0.29) is 34.5 Å². The third kappa shape index (κ3) is 5.08. The van der Waals surface area contributed by atoms with Crippen LogP contribution in [0.5, 0.6) is 0 Å². The van der Waals surface area contributed by atoms with E-state index >= 15 is 0 Å². The highest BCUT2D eigenvalue weighted by Gasteiger charge is 2.38. The molecule has 1 aliphatic heterocycles. The number of carbonyl (C=O) groups is 2. The van der Waals surface area contributed by atoms with Crippen LogP contribution in [0.3, 0.4) is 0 Å². The summed E-state index contributed by atoms with van der Waals surface area (Å²) >= 11 is 0. The smallest absolute Gasteiger partial charge is 0.224 e. The lowest BCUT2D eigenvalue weighted by Gasteiger charge is -2.43. The summed E-state index contributed by atoms with van der Waals surface area (Å²) in [4.78, 5) is 26.4. The van der Waals surface area contributed by atoms with Gasteiger partial charge in [-0.3, -0.25) is 9.59 Å². The Kier molecular flexibility index (Phi) is 5.82. The molecule has 0 aromatic carbocycles. The van der Waals surface area contributed by atoms with Gasteiger partial charge in [0.05, 0.1) is 0 Å². The Bertz CT molecular complexity index is 418. The van der Waals surface area contributed by atoms with E-state index in [4.69, 9.17) is 5.73 Å². The summed E-state index contributed by atoms with van der Waals surface area (Å²) in [5.41, 5.74) is 6.17. The average molecular weight is 310 g/mol. The average Bonchev–Trinajstić information content (AvgIpc) is 2.35. The zero-order valence-corrected chi connectivity index (χ0v) is 15.4. The number of ketones is 1. The second-order valence-corrected chi connectivity index (χ2v) is 9.08. The number of hydrogen-bond acceptors (Lipinski definition) is 3. The molecule has 1 aliphatic rings. The highest BCUT2D eigenvalue weighted by Crippen LogP contribution is 2.36. The number of amides is 1. The summed E-state index contributed by atoms with van der Waals surface area (Å²) in [7, 11) is 0. The van der Waals surface area contributed by atoms with E-state index in [9.17, 15) is 9.59 Å². The van der Waals surface area contributed by atoms with E-state index in [0.29, 0.717) is 18.9 Å². The summed E-state index contributed by atoms with van der Waals surface area (Å²) in [6, 6.07) is -0.161. The number of rotatable bonds is 3. The molecule has 128 valence electrons. The number of likely N-dealkylation sites (tertiary alicyclic amines) is 1. The van der Waals surface area contributed by atoms with Crippen LogP contribution < -0.4 is 5.73 Å². The molecule has 4 heteroatoms. The fourth-order valence-electron chi connectivity index (χ4n) is 2.85. The Morgan fingerprint density at radius 3 is 2.09 bits per heavy atom. The van der Waals surface area contributed by atoms with Crippen molar-refractivity contribution in [2.24, 2.45) is 28.4 Å². The Morgan fingerprint density at radius 2 is 1.68 bits per heavy atom. The van der Waals surface area contributed by atoms with Gasteiger partial charge in [-0.2, -0.15) is 0 Å². The van der Waals surface area contributed by atoms with Crippen LogP contribution in [0.4, 0.5) is 0 Å². The largest absolute Gasteiger partial charge is 0.342 e. The Morgan fingerprint density at radius 1 is 1.14 bits per heavy atom. The van der Waals surface area contributed by atoms with E-state index in [2.05, 4.69) is 41.5 Å². The van der Waals surface area contributed by atoms with Crippen LogP contribution in [-0.4, -0.2) is 35.7 Å². The van der Waals surface area contributed by atoms with Crippen LogP contribution in [0.25, 0.3) is 0 Å². The first-order valence-corrected chi connectivity index (χ1v) is 8.36. The van der Waals surface area contributed by atoms with Crippen molar-refractivity contribution < 1.29 is 9.59 Å². The van der Waals surface area contributed by atoms with Crippen LogP contribution in [0.15, 0.2) is 0 Å². The molecular weight excluding hydrogens is 276 g/mol. The summed E-state index contributed by atoms with van der Waals surface area (Å²) in [6.07, 6.45) is 1.24. The fraction of sp³-hybridized carbons (Fsp3) is 0.889. The fourth-order valence-corrected chi connectivity index (χ4v) is 2.85. The number of hydrogen-bond donors (Lipinski definition) is 1. The standard InChI is InChI=1S/C18H34N2O2/c1-12(21)13-8-14(17(2,3)4)11-20(10-13)16(22)9-15(19)18(5,6)7/h13-15H,8-11,19H2,1-7H3/t13?,14-,15?/m1/s1. The maximum atomic E-state index is 12.6. The molecule has 1 rings (SSSR count). The minimum absolute atomic E-state index is 0.0345. The molecule has 1 saturated heterocycles. The van der Waals surface area contributed by atoms with Gasteiger partial charge in [0.15, 0.2) is 0 Å². The molecule has 0 bridgehead atoms. The van der Waals surface area contributed by atoms with Gasteiger partial charge in [0.25, 0.3) is 0 Å². The van der Waals surface area contributed by atoms with Gasteiger partial charge in [-0.1, -0.05) is 41.5 Å². The molecule has 0 aliphatic carbocycles. The summed E-state index contributed by atoms with van der Waals surface area (Å²) < 4.78 is 0. The molecule has 1 fully saturated rings. The minimum Gasteiger partial charge on any atom is -0.342 e. The van der Waals surface area contributed by atoms with Gasteiger partial charge in [-0.05, 0) is 30.1 Å². The maximum Gasteiger partial charge on any atom is 0.224 e. The van der Waals surface area contributed by atoms with Crippen LogP contribution in [-0.2, 0) is 9.59 Å². The van der Waals surface area contributed by atoms with Crippen molar-refractivity contribution in [3.63, 3.8) is 0 Å². The first-order valence-electron chi connectivity index (χ1n) is 8.36. The number of carbonyl (C=O) groups excluding carboxylic acids is 2. The van der Waals surface area contributed by atoms with E-state index in [1.54, 1.807) is 6.92 Å². The molecule has 0 spiro atoms. The minimum atomic E-state index is -0.161. The Balaban J connectivity index is 2.83. The zero-order valence-electron chi connectivity index (χ0n) is 15.4. The van der Waals surface area contributed by atoms with Gasteiger partial charge in [0.2, 0.25) is 5.91 Å². The third-order valence-electron chi connectivity index (χ3n) is 5.11. The zero-order chi connectivity index (χ0) is 17.3. The van der Waals surface area contributed by atoms with Crippen molar-refractivity contribution in [2.45, 2.75) is 67.3 Å². The summed E-state index contributed by atoms with van der Waals surface area (Å²) in [5, 5.41) is 0. The molecule has 4 nitrogen and oxygen atoms in total. The van der Waals surface area contributed by atoms with Crippen molar-refractivity contribution >= 4 is 11.7 Å². The van der Waals surface area contributed by atoms with Crippen molar-refractivity contribution in [3.8, 4) is 0 Å². The predicted molar refractivity (Wildman–Crippen MR) is 90.4 cm³/mol. The predicted octanol–water partition coefficient (Wildman–Crippen LogP) is 2.85. The Hall–Kier alpha value is -0.900. The number of nitrogens with zero attached hydrogens (tertiary/aromatic N) is 1. The summed E-state index contributed by atoms with van der Waals surface area (Å²) in [6.45, 7) is 15.6. The first kappa shape index (κ1) is 19.1. The lowest BCUT2D eigenvalue weighted by atomic mass is 9.72. The number of nitrogens with two attached hydrogens (primary N) is 1. The van der Waals surface area contributed by atoms with E-state index < -0.39 is 0 Å². The van der Waals surface area contributed by atoms with Crippen LogP contribution in [0.2, 0.25) is 0 Å². The quantitative estimate of drug-likeness (QED) is 0.872. The molecule has 0 saturated carbocycles. The highest BCUT2D eigenvalue weighted by atomic mass is 16.2. The molecule has 2 N–H and O–H groups in total. The molecule has 22 heavy (non-hydrogen) atoms. The highest BCUT2D eigenvalue weighted by molar-refractivity contribution is 5.81. The lowest BCUT2D eigenvalue weighted by molar-refractivity contribution is -0.138. The molecule has 3 atom stereocenters. The van der Waals surface area contributed by atoms with Gasteiger partial charge in [0.1, 0.15) is 5.78 Å². The van der Waals surface area contributed by atoms with Crippen molar-refractivity contribution in [3.05, 3.63) is 0 Å². The molecule has 0 aromatic rings. The number of Topliss-reactive ketones (excluding diaryl/α,β-unsaturated/α-hetero) is 1. The van der Waals surface area contributed by atoms with E-state index in [1.807, 2.05) is 4.90 Å². The second kappa shape index (κ2) is 6.69. The maximum absolute atomic E-state index is 12.6. The monoisotopic (exact) mass is 310 g/mol. The first-order chi connectivity index (χ1) is 9.82. The SMILES string of the molecule is CC(=O)C1C[C@@H](C(C)(C)C)CN(C(=O)CC(N)C(C)(C)C)C1. The van der Waals surface area contributed by atoms with Crippen LogP contribution >= 0.6 is 0 Å². The van der Waals surface area contributed by atoms with Crippen molar-refractivity contribution in [1.29, 1.82) is 0 Å². The Labute approximate surface area is 135 Å². The molecule has 0 aromatic heterocycles. The molecule has 1 heterocycles.